The third-order valence-electron chi connectivity index (χ3n) is 5.25. The van der Waals surface area contributed by atoms with Crippen LogP contribution in [0.2, 0.25) is 0 Å². The number of unbranched alkanes of at least 4 members (excludes halogenated alkanes) is 9. The number of hydrogen-bond donors (Lipinski definition) is 0. The average molecular weight is 331 g/mol. The molecule has 0 radical (unpaired) electrons. The topological polar surface area (TPSA) is 0 Å². The van der Waals surface area contributed by atoms with Crippen molar-refractivity contribution in [2.45, 2.75) is 117 Å². The van der Waals surface area contributed by atoms with Gasteiger partial charge in [-0.2, -0.15) is 0 Å². The van der Waals surface area contributed by atoms with Crippen molar-refractivity contribution in [3.05, 3.63) is 34.9 Å². The first-order chi connectivity index (χ1) is 11.8. The van der Waals surface area contributed by atoms with Crippen molar-refractivity contribution in [2.75, 3.05) is 0 Å². The van der Waals surface area contributed by atoms with E-state index in [2.05, 4.69) is 39.0 Å². The van der Waals surface area contributed by atoms with Gasteiger partial charge in [-0.15, -0.1) is 0 Å². The third kappa shape index (κ3) is 8.90. The van der Waals surface area contributed by atoms with Crippen molar-refractivity contribution in [1.82, 2.24) is 0 Å². The Balaban J connectivity index is 2.44. The molecule has 0 unspecified atom stereocenters. The summed E-state index contributed by atoms with van der Waals surface area (Å²) in [7, 11) is 0. The maximum atomic E-state index is 2.40. The molecule has 0 saturated heterocycles. The quantitative estimate of drug-likeness (QED) is 0.285. The Bertz CT molecular complexity index is 404. The Kier molecular flexibility index (Phi) is 12.9. The van der Waals surface area contributed by atoms with Crippen LogP contribution in [0.15, 0.2) is 18.2 Å². The fourth-order valence-electron chi connectivity index (χ4n) is 3.65. The summed E-state index contributed by atoms with van der Waals surface area (Å²) in [5.41, 5.74) is 5.00. The molecule has 0 spiro atoms. The fraction of sp³-hybridized carbons (Fsp3) is 0.750. The summed E-state index contributed by atoms with van der Waals surface area (Å²) < 4.78 is 0. The standard InChI is InChI=1S/C24H42/c1-4-7-10-11-12-13-14-15-18-23-20-16-19-22(17-8-5-2)24(23)21-9-6-3/h16,19-20H,4-15,17-18,21H2,1-3H3. The van der Waals surface area contributed by atoms with Gasteiger partial charge in [-0.25, -0.2) is 0 Å². The molecule has 0 atom stereocenters. The number of aryl methyl sites for hydroxylation is 2. The lowest BCUT2D eigenvalue weighted by molar-refractivity contribution is 0.574. The molecule has 0 bridgehead atoms. The van der Waals surface area contributed by atoms with Crippen LogP contribution >= 0.6 is 0 Å². The summed E-state index contributed by atoms with van der Waals surface area (Å²) >= 11 is 0. The molecule has 0 N–H and O–H groups in total. The van der Waals surface area contributed by atoms with E-state index in [0.717, 1.165) is 0 Å². The Morgan fingerprint density at radius 2 is 0.958 bits per heavy atom. The van der Waals surface area contributed by atoms with Gasteiger partial charge in [0.2, 0.25) is 0 Å². The molecule has 138 valence electrons. The van der Waals surface area contributed by atoms with Crippen LogP contribution in [0.5, 0.6) is 0 Å². The van der Waals surface area contributed by atoms with Crippen LogP contribution in [0.1, 0.15) is 115 Å². The highest BCUT2D eigenvalue weighted by atomic mass is 14.1. The minimum absolute atomic E-state index is 1.28. The van der Waals surface area contributed by atoms with Gasteiger partial charge in [0.25, 0.3) is 0 Å². The maximum absolute atomic E-state index is 2.40. The maximum Gasteiger partial charge on any atom is -0.0274 e. The molecule has 1 aromatic carbocycles. The number of hydrogen-bond acceptors (Lipinski definition) is 0. The minimum Gasteiger partial charge on any atom is -0.0654 e. The molecule has 0 amide bonds. The van der Waals surface area contributed by atoms with Crippen LogP contribution in [0.25, 0.3) is 0 Å². The van der Waals surface area contributed by atoms with Gasteiger partial charge >= 0.3 is 0 Å². The molecule has 0 aliphatic carbocycles. The van der Waals surface area contributed by atoms with Crippen molar-refractivity contribution in [2.24, 2.45) is 0 Å². The van der Waals surface area contributed by atoms with Gasteiger partial charge in [-0.1, -0.05) is 96.8 Å². The predicted molar refractivity (Wildman–Crippen MR) is 110 cm³/mol. The number of benzene rings is 1. The van der Waals surface area contributed by atoms with Crippen LogP contribution in [0.3, 0.4) is 0 Å². The second kappa shape index (κ2) is 14.6. The Labute approximate surface area is 152 Å². The molecular formula is C24H42. The summed E-state index contributed by atoms with van der Waals surface area (Å²) in [5.74, 6) is 0. The predicted octanol–water partition coefficient (Wildman–Crippen LogP) is 8.06. The molecule has 0 nitrogen and oxygen atoms in total. The highest BCUT2D eigenvalue weighted by molar-refractivity contribution is 5.36. The van der Waals surface area contributed by atoms with Gasteiger partial charge in [0.05, 0.1) is 0 Å². The van der Waals surface area contributed by atoms with E-state index in [1.165, 1.54) is 96.3 Å². The SMILES string of the molecule is CCCCCCCCCCc1cccc(CCCC)c1CCCC. The molecule has 0 aliphatic heterocycles. The normalized spacial score (nSPS) is 11.1. The zero-order chi connectivity index (χ0) is 17.5. The van der Waals surface area contributed by atoms with Gasteiger partial charge in [-0.05, 0) is 55.2 Å². The van der Waals surface area contributed by atoms with E-state index in [0.29, 0.717) is 0 Å². The first-order valence-corrected chi connectivity index (χ1v) is 10.9. The lowest BCUT2D eigenvalue weighted by Crippen LogP contribution is -2.01. The van der Waals surface area contributed by atoms with Crippen LogP contribution in [-0.4, -0.2) is 0 Å². The van der Waals surface area contributed by atoms with E-state index in [1.54, 1.807) is 16.7 Å². The molecule has 0 heteroatoms. The third-order valence-corrected chi connectivity index (χ3v) is 5.25. The fourth-order valence-corrected chi connectivity index (χ4v) is 3.65. The average Bonchev–Trinajstić information content (AvgIpc) is 2.61. The Morgan fingerprint density at radius 3 is 1.54 bits per heavy atom. The number of rotatable bonds is 15. The summed E-state index contributed by atoms with van der Waals surface area (Å²) in [6.45, 7) is 6.91. The van der Waals surface area contributed by atoms with E-state index in [-0.39, 0.29) is 0 Å². The van der Waals surface area contributed by atoms with Crippen molar-refractivity contribution >= 4 is 0 Å². The van der Waals surface area contributed by atoms with Crippen molar-refractivity contribution in [3.8, 4) is 0 Å². The minimum atomic E-state index is 1.28. The van der Waals surface area contributed by atoms with Gasteiger partial charge in [0, 0.05) is 0 Å². The van der Waals surface area contributed by atoms with E-state index >= 15 is 0 Å². The van der Waals surface area contributed by atoms with Crippen LogP contribution in [0, 0.1) is 0 Å². The summed E-state index contributed by atoms with van der Waals surface area (Å²) in [4.78, 5) is 0. The molecular weight excluding hydrogens is 288 g/mol. The first kappa shape index (κ1) is 21.3. The van der Waals surface area contributed by atoms with Crippen LogP contribution < -0.4 is 0 Å². The molecule has 1 aromatic rings. The molecule has 0 fully saturated rings. The summed E-state index contributed by atoms with van der Waals surface area (Å²) in [5, 5.41) is 0. The molecule has 1 rings (SSSR count). The van der Waals surface area contributed by atoms with Gasteiger partial charge < -0.3 is 0 Å². The van der Waals surface area contributed by atoms with E-state index in [4.69, 9.17) is 0 Å². The monoisotopic (exact) mass is 330 g/mol. The van der Waals surface area contributed by atoms with E-state index in [9.17, 15) is 0 Å². The van der Waals surface area contributed by atoms with E-state index in [1.807, 2.05) is 0 Å². The molecule has 0 aromatic heterocycles. The summed E-state index contributed by atoms with van der Waals surface area (Å²) in [6, 6.07) is 7.10. The Morgan fingerprint density at radius 1 is 0.500 bits per heavy atom. The highest BCUT2D eigenvalue weighted by Gasteiger charge is 2.08. The Hall–Kier alpha value is -0.780. The zero-order valence-electron chi connectivity index (χ0n) is 16.8. The van der Waals surface area contributed by atoms with E-state index < -0.39 is 0 Å². The molecule has 0 saturated carbocycles. The van der Waals surface area contributed by atoms with Crippen molar-refractivity contribution < 1.29 is 0 Å². The van der Waals surface area contributed by atoms with Gasteiger partial charge in [-0.3, -0.25) is 0 Å². The van der Waals surface area contributed by atoms with Crippen molar-refractivity contribution in [1.29, 1.82) is 0 Å². The smallest absolute Gasteiger partial charge is 0.0274 e. The van der Waals surface area contributed by atoms with Gasteiger partial charge in [0.1, 0.15) is 0 Å². The lowest BCUT2D eigenvalue weighted by atomic mass is 9.91. The highest BCUT2D eigenvalue weighted by Crippen LogP contribution is 2.22. The van der Waals surface area contributed by atoms with Crippen molar-refractivity contribution in [3.63, 3.8) is 0 Å². The molecule has 0 aliphatic rings. The second-order valence-corrected chi connectivity index (χ2v) is 7.49. The largest absolute Gasteiger partial charge is 0.0654 e. The van der Waals surface area contributed by atoms with Crippen LogP contribution in [0.4, 0.5) is 0 Å². The summed E-state index contributed by atoms with van der Waals surface area (Å²) in [6.07, 6.45) is 20.5. The van der Waals surface area contributed by atoms with Crippen LogP contribution in [-0.2, 0) is 19.3 Å². The molecule has 24 heavy (non-hydrogen) atoms. The zero-order valence-corrected chi connectivity index (χ0v) is 16.8. The van der Waals surface area contributed by atoms with Gasteiger partial charge in [0.15, 0.2) is 0 Å². The molecule has 0 heterocycles. The first-order valence-electron chi connectivity index (χ1n) is 10.9. The lowest BCUT2D eigenvalue weighted by Gasteiger charge is -2.15. The second-order valence-electron chi connectivity index (χ2n) is 7.49.